The van der Waals surface area contributed by atoms with Gasteiger partial charge in [-0.05, 0) is 6.07 Å². The van der Waals surface area contributed by atoms with E-state index in [4.69, 9.17) is 5.73 Å². The fourth-order valence-electron chi connectivity index (χ4n) is 0.691. The second-order valence-electron chi connectivity index (χ2n) is 1.92. The van der Waals surface area contributed by atoms with Crippen molar-refractivity contribution in [3.8, 4) is 0 Å². The first kappa shape index (κ1) is 6.96. The molecule has 2 N–H and O–H groups in total. The Bertz CT molecular complexity index is 218. The maximum atomic E-state index is 10.9. The van der Waals surface area contributed by atoms with Crippen molar-refractivity contribution in [1.82, 2.24) is 0 Å². The topological polar surface area (TPSA) is 43.1 Å². The zero-order chi connectivity index (χ0) is 7.40. The molecule has 10 heavy (non-hydrogen) atoms. The molecule has 0 amide bonds. The molecule has 1 aromatic rings. The Morgan fingerprint density at radius 1 is 1.50 bits per heavy atom. The highest BCUT2D eigenvalue weighted by molar-refractivity contribution is 5.97. The van der Waals surface area contributed by atoms with Crippen LogP contribution in [0.15, 0.2) is 24.3 Å². The summed E-state index contributed by atoms with van der Waals surface area (Å²) in [5, 5.41) is 0. The number of benzene rings is 1. The lowest BCUT2D eigenvalue weighted by molar-refractivity contribution is 0.100. The molecule has 0 atom stereocenters. The molecular formula is C8H8NO. The lowest BCUT2D eigenvalue weighted by atomic mass is 10.1. The predicted octanol–water partition coefficient (Wildman–Crippen LogP) is 0.628. The van der Waals surface area contributed by atoms with E-state index in [0.717, 1.165) is 0 Å². The van der Waals surface area contributed by atoms with Crippen molar-refractivity contribution in [2.45, 2.75) is 0 Å². The lowest BCUT2D eigenvalue weighted by Crippen LogP contribution is -2.12. The van der Waals surface area contributed by atoms with Gasteiger partial charge in [0.2, 0.25) is 0 Å². The fraction of sp³-hybridized carbons (Fsp3) is 0.125. The van der Waals surface area contributed by atoms with Gasteiger partial charge in [-0.25, -0.2) is 0 Å². The third-order valence-corrected chi connectivity index (χ3v) is 1.23. The summed E-state index contributed by atoms with van der Waals surface area (Å²) in [4.78, 5) is 10.9. The van der Waals surface area contributed by atoms with Gasteiger partial charge >= 0.3 is 0 Å². The molecule has 1 rings (SSSR count). The molecule has 0 aliphatic carbocycles. The summed E-state index contributed by atoms with van der Waals surface area (Å²) in [6.07, 6.45) is 0. The monoisotopic (exact) mass is 134 g/mol. The van der Waals surface area contributed by atoms with E-state index in [9.17, 15) is 4.79 Å². The number of hydrogen-bond donors (Lipinski definition) is 1. The minimum absolute atomic E-state index is 0.0333. The van der Waals surface area contributed by atoms with Crippen molar-refractivity contribution in [2.24, 2.45) is 5.73 Å². The standard InChI is InChI=1S/C8H8NO/c9-6-8(10)7-4-2-1-3-5-7/h2-5H,6,9H2. The highest BCUT2D eigenvalue weighted by atomic mass is 16.1. The van der Waals surface area contributed by atoms with Gasteiger partial charge in [0.25, 0.3) is 0 Å². The van der Waals surface area contributed by atoms with Crippen molar-refractivity contribution in [3.05, 3.63) is 35.9 Å². The second kappa shape index (κ2) is 3.13. The van der Waals surface area contributed by atoms with Gasteiger partial charge < -0.3 is 5.73 Å². The number of ketones is 1. The van der Waals surface area contributed by atoms with Crippen LogP contribution in [-0.2, 0) is 0 Å². The van der Waals surface area contributed by atoms with Crippen LogP contribution in [0.25, 0.3) is 0 Å². The number of nitrogens with two attached hydrogens (primary N) is 1. The minimum atomic E-state index is -0.0333. The number of carbonyl (C=O) groups is 1. The minimum Gasteiger partial charge on any atom is -0.324 e. The quantitative estimate of drug-likeness (QED) is 0.603. The summed E-state index contributed by atoms with van der Waals surface area (Å²) in [5.41, 5.74) is 5.80. The Hall–Kier alpha value is -1.15. The highest BCUT2D eigenvalue weighted by Crippen LogP contribution is 1.96. The van der Waals surface area contributed by atoms with Gasteiger partial charge in [-0.1, -0.05) is 24.3 Å². The van der Waals surface area contributed by atoms with E-state index in [2.05, 4.69) is 6.07 Å². The van der Waals surface area contributed by atoms with E-state index >= 15 is 0 Å². The molecule has 0 spiro atoms. The van der Waals surface area contributed by atoms with Crippen molar-refractivity contribution in [2.75, 3.05) is 6.54 Å². The Labute approximate surface area is 59.7 Å². The molecule has 1 radical (unpaired) electrons. The molecule has 0 aliphatic rings. The van der Waals surface area contributed by atoms with Crippen LogP contribution in [0.1, 0.15) is 10.4 Å². The third-order valence-electron chi connectivity index (χ3n) is 1.23. The van der Waals surface area contributed by atoms with Crippen molar-refractivity contribution < 1.29 is 4.79 Å². The van der Waals surface area contributed by atoms with Crippen LogP contribution in [0.2, 0.25) is 0 Å². The van der Waals surface area contributed by atoms with Crippen molar-refractivity contribution in [1.29, 1.82) is 0 Å². The second-order valence-corrected chi connectivity index (χ2v) is 1.92. The molecule has 1 aromatic carbocycles. The van der Waals surface area contributed by atoms with Crippen LogP contribution in [-0.4, -0.2) is 12.3 Å². The Balaban J connectivity index is 2.85. The van der Waals surface area contributed by atoms with E-state index in [1.54, 1.807) is 24.3 Å². The van der Waals surface area contributed by atoms with Gasteiger partial charge in [0.15, 0.2) is 5.78 Å². The maximum absolute atomic E-state index is 10.9. The molecule has 2 nitrogen and oxygen atoms in total. The van der Waals surface area contributed by atoms with E-state index in [-0.39, 0.29) is 12.3 Å². The van der Waals surface area contributed by atoms with Gasteiger partial charge in [-0.3, -0.25) is 4.79 Å². The van der Waals surface area contributed by atoms with Gasteiger partial charge in [0, 0.05) is 5.56 Å². The first-order valence-corrected chi connectivity index (χ1v) is 3.04. The molecule has 51 valence electrons. The number of carbonyl (C=O) groups excluding carboxylic acids is 1. The number of hydrogen-bond acceptors (Lipinski definition) is 2. The van der Waals surface area contributed by atoms with Crippen molar-refractivity contribution >= 4 is 5.78 Å². The summed E-state index contributed by atoms with van der Waals surface area (Å²) >= 11 is 0. The summed E-state index contributed by atoms with van der Waals surface area (Å²) in [5.74, 6) is -0.0333. The van der Waals surface area contributed by atoms with E-state index < -0.39 is 0 Å². The molecule has 0 unspecified atom stereocenters. The van der Waals surface area contributed by atoms with Gasteiger partial charge in [0.05, 0.1) is 6.54 Å². The molecule has 2 heteroatoms. The number of rotatable bonds is 2. The average Bonchev–Trinajstić information content (AvgIpc) is 2.05. The number of Topliss-reactive ketones (excluding diaryl/α,β-unsaturated/α-hetero) is 1. The SMILES string of the molecule is NCC(=O)c1cc[c]cc1. The molecule has 0 aliphatic heterocycles. The van der Waals surface area contributed by atoms with Crippen LogP contribution in [0.4, 0.5) is 0 Å². The summed E-state index contributed by atoms with van der Waals surface area (Å²) in [6, 6.07) is 9.62. The van der Waals surface area contributed by atoms with Crippen LogP contribution >= 0.6 is 0 Å². The molecule has 0 aromatic heterocycles. The molecule has 0 fully saturated rings. The maximum Gasteiger partial charge on any atom is 0.176 e. The summed E-state index contributed by atoms with van der Waals surface area (Å²) in [6.45, 7) is 0.0734. The van der Waals surface area contributed by atoms with E-state index in [1.807, 2.05) is 0 Å². The third kappa shape index (κ3) is 1.42. The highest BCUT2D eigenvalue weighted by Gasteiger charge is 1.98. The summed E-state index contributed by atoms with van der Waals surface area (Å²) < 4.78 is 0. The average molecular weight is 134 g/mol. The van der Waals surface area contributed by atoms with Crippen LogP contribution in [0, 0.1) is 6.07 Å². The predicted molar refractivity (Wildman–Crippen MR) is 38.7 cm³/mol. The van der Waals surface area contributed by atoms with Gasteiger partial charge in [0.1, 0.15) is 0 Å². The van der Waals surface area contributed by atoms with Crippen LogP contribution in [0.5, 0.6) is 0 Å². The Morgan fingerprint density at radius 2 is 2.10 bits per heavy atom. The first-order chi connectivity index (χ1) is 4.84. The normalized spacial score (nSPS) is 9.30. The van der Waals surface area contributed by atoms with Crippen LogP contribution < -0.4 is 5.73 Å². The summed E-state index contributed by atoms with van der Waals surface area (Å²) in [7, 11) is 0. The van der Waals surface area contributed by atoms with Gasteiger partial charge in [-0.2, -0.15) is 0 Å². The molecular weight excluding hydrogens is 126 g/mol. The smallest absolute Gasteiger partial charge is 0.176 e. The van der Waals surface area contributed by atoms with Crippen LogP contribution in [0.3, 0.4) is 0 Å². The first-order valence-electron chi connectivity index (χ1n) is 3.04. The zero-order valence-electron chi connectivity index (χ0n) is 5.50. The van der Waals surface area contributed by atoms with Crippen molar-refractivity contribution in [3.63, 3.8) is 0 Å². The fourth-order valence-corrected chi connectivity index (χ4v) is 0.691. The van der Waals surface area contributed by atoms with Gasteiger partial charge in [-0.15, -0.1) is 0 Å². The molecule has 0 saturated carbocycles. The Kier molecular flexibility index (Phi) is 2.18. The lowest BCUT2D eigenvalue weighted by Gasteiger charge is -1.93. The van der Waals surface area contributed by atoms with E-state index in [1.165, 1.54) is 0 Å². The van der Waals surface area contributed by atoms with E-state index in [0.29, 0.717) is 5.56 Å². The largest absolute Gasteiger partial charge is 0.324 e. The molecule has 0 heterocycles. The Morgan fingerprint density at radius 3 is 2.60 bits per heavy atom. The zero-order valence-corrected chi connectivity index (χ0v) is 5.50. The molecule has 0 bridgehead atoms. The molecule has 0 saturated heterocycles.